The van der Waals surface area contributed by atoms with E-state index in [1.54, 1.807) is 10.9 Å². The topological polar surface area (TPSA) is 113 Å². The summed E-state index contributed by atoms with van der Waals surface area (Å²) in [5, 5.41) is 7.43. The van der Waals surface area contributed by atoms with Crippen LogP contribution in [0.4, 0.5) is 10.6 Å². The van der Waals surface area contributed by atoms with Gasteiger partial charge in [-0.1, -0.05) is 32.4 Å². The van der Waals surface area contributed by atoms with Crippen LogP contribution in [0, 0.1) is 0 Å². The fraction of sp³-hybridized carbons (Fsp3) is 0.667. The first kappa shape index (κ1) is 24.3. The summed E-state index contributed by atoms with van der Waals surface area (Å²) in [5.41, 5.74) is 0.452. The Balaban J connectivity index is 1.81. The van der Waals surface area contributed by atoms with Crippen molar-refractivity contribution < 1.29 is 18.7 Å². The van der Waals surface area contributed by atoms with Crippen molar-refractivity contribution in [3.8, 4) is 0 Å². The van der Waals surface area contributed by atoms with Gasteiger partial charge < -0.3 is 13.9 Å². The highest BCUT2D eigenvalue weighted by molar-refractivity contribution is 7.39. The van der Waals surface area contributed by atoms with Gasteiger partial charge in [0.1, 0.15) is 24.7 Å². The van der Waals surface area contributed by atoms with E-state index in [1.807, 2.05) is 9.24 Å². The molecule has 13 heteroatoms. The average molecular weight is 487 g/mol. The van der Waals surface area contributed by atoms with E-state index in [0.717, 1.165) is 0 Å². The first-order chi connectivity index (χ1) is 14.5. The molecule has 2 unspecified atom stereocenters. The minimum Gasteiger partial charge on any atom is -0.414 e. The lowest BCUT2D eigenvalue weighted by Gasteiger charge is -2.37. The molecule has 31 heavy (non-hydrogen) atoms. The van der Waals surface area contributed by atoms with Crippen LogP contribution >= 0.6 is 20.8 Å². The van der Waals surface area contributed by atoms with Crippen molar-refractivity contribution in [1.82, 2.24) is 19.5 Å². The molecule has 2 aromatic rings. The molecule has 0 saturated carbocycles. The number of hydrogen-bond donors (Lipinski definition) is 0. The lowest BCUT2D eigenvalue weighted by atomic mass is 10.2. The molecule has 10 nitrogen and oxygen atoms in total. The summed E-state index contributed by atoms with van der Waals surface area (Å²) in [6.07, 6.45) is 2.66. The van der Waals surface area contributed by atoms with Crippen LogP contribution in [0.3, 0.4) is 0 Å². The Kier molecular flexibility index (Phi) is 7.55. The quantitative estimate of drug-likeness (QED) is 0.239. The van der Waals surface area contributed by atoms with Crippen LogP contribution in [0.5, 0.6) is 0 Å². The Morgan fingerprint density at radius 3 is 2.77 bits per heavy atom. The summed E-state index contributed by atoms with van der Waals surface area (Å²) in [6, 6.07) is 0.0672. The van der Waals surface area contributed by atoms with Crippen molar-refractivity contribution in [2.45, 2.75) is 63.8 Å². The summed E-state index contributed by atoms with van der Waals surface area (Å²) in [4.78, 5) is 23.8. The second kappa shape index (κ2) is 9.64. The van der Waals surface area contributed by atoms with Crippen molar-refractivity contribution in [2.24, 2.45) is 10.2 Å². The molecule has 3 heterocycles. The number of hydrogen-bond acceptors (Lipinski definition) is 8. The van der Waals surface area contributed by atoms with Gasteiger partial charge >= 0.3 is 0 Å². The van der Waals surface area contributed by atoms with E-state index in [0.29, 0.717) is 24.2 Å². The normalized spacial score (nSPS) is 22.6. The van der Waals surface area contributed by atoms with Gasteiger partial charge in [0.2, 0.25) is 5.82 Å². The molecule has 2 aromatic heterocycles. The maximum absolute atomic E-state index is 11.1. The molecule has 3 rings (SSSR count). The van der Waals surface area contributed by atoms with E-state index < -0.39 is 14.0 Å². The minimum absolute atomic E-state index is 0.0672. The Labute approximate surface area is 189 Å². The highest BCUT2D eigenvalue weighted by Gasteiger charge is 2.42. The Morgan fingerprint density at radius 2 is 2.13 bits per heavy atom. The molecule has 170 valence electrons. The molecule has 1 aliphatic heterocycles. The number of fused-ring (bicyclic) bond motifs is 1. The second-order valence-corrected chi connectivity index (χ2v) is 14.3. The van der Waals surface area contributed by atoms with Crippen LogP contribution < -0.4 is 0 Å². The Bertz CT molecular complexity index is 966. The summed E-state index contributed by atoms with van der Waals surface area (Å²) >= 11 is 5.86. The molecule has 0 radical (unpaired) electrons. The van der Waals surface area contributed by atoms with Gasteiger partial charge in [0, 0.05) is 6.42 Å². The zero-order valence-electron chi connectivity index (χ0n) is 18.3. The molecule has 0 aliphatic carbocycles. The lowest BCUT2D eigenvalue weighted by Crippen LogP contribution is -2.44. The number of aromatic nitrogens is 4. The number of carbonyl (C=O) groups is 1. The number of alkyl halides is 1. The van der Waals surface area contributed by atoms with Gasteiger partial charge in [0.15, 0.2) is 19.5 Å². The molecule has 1 saturated heterocycles. The van der Waals surface area contributed by atoms with Crippen molar-refractivity contribution in [3.63, 3.8) is 0 Å². The van der Waals surface area contributed by atoms with E-state index in [4.69, 9.17) is 25.5 Å². The molecule has 0 spiro atoms. The molecular weight excluding hydrogens is 459 g/mol. The molecule has 1 fully saturated rings. The SMILES string of the molecule is CC(C)(C)[Si](C)(C)OC[C@H]1O[C@@H](n2cnc3c(N=NC(=O)P)ncnc32)CC1OCCl. The summed E-state index contributed by atoms with van der Waals surface area (Å²) in [5.74, 6) is 0.212. The number of rotatable bonds is 7. The number of nitrogens with zero attached hydrogens (tertiary/aromatic N) is 6. The van der Waals surface area contributed by atoms with Crippen molar-refractivity contribution in [2.75, 3.05) is 12.7 Å². The maximum atomic E-state index is 11.1. The van der Waals surface area contributed by atoms with Crippen LogP contribution in [0.25, 0.3) is 11.2 Å². The van der Waals surface area contributed by atoms with Crippen LogP contribution in [-0.2, 0) is 13.9 Å². The first-order valence-corrected chi connectivity index (χ1v) is 13.9. The summed E-state index contributed by atoms with van der Waals surface area (Å²) in [6.45, 7) is 11.4. The van der Waals surface area contributed by atoms with Gasteiger partial charge in [-0.2, -0.15) is 0 Å². The van der Waals surface area contributed by atoms with Crippen molar-refractivity contribution in [3.05, 3.63) is 12.7 Å². The second-order valence-electron chi connectivity index (χ2n) is 8.81. The lowest BCUT2D eigenvalue weighted by molar-refractivity contribution is -0.0512. The van der Waals surface area contributed by atoms with Crippen molar-refractivity contribution in [1.29, 1.82) is 0 Å². The predicted molar refractivity (Wildman–Crippen MR) is 122 cm³/mol. The highest BCUT2D eigenvalue weighted by Crippen LogP contribution is 2.39. The Hall–Kier alpha value is -1.36. The molecule has 0 N–H and O–H groups in total. The van der Waals surface area contributed by atoms with E-state index in [9.17, 15) is 4.79 Å². The summed E-state index contributed by atoms with van der Waals surface area (Å²) in [7, 11) is -0.0118. The molecule has 1 amide bonds. The Morgan fingerprint density at radius 1 is 1.39 bits per heavy atom. The largest absolute Gasteiger partial charge is 0.414 e. The fourth-order valence-electron chi connectivity index (χ4n) is 3.00. The van der Waals surface area contributed by atoms with Gasteiger partial charge in [-0.3, -0.25) is 9.36 Å². The van der Waals surface area contributed by atoms with Gasteiger partial charge in [-0.25, -0.2) is 15.0 Å². The third kappa shape index (κ3) is 5.53. The molecule has 0 aromatic carbocycles. The fourth-order valence-corrected chi connectivity index (χ4v) is 4.24. The van der Waals surface area contributed by atoms with Gasteiger partial charge in [0.05, 0.1) is 19.0 Å². The predicted octanol–water partition coefficient (Wildman–Crippen LogP) is 4.80. The maximum Gasteiger partial charge on any atom is 0.278 e. The average Bonchev–Trinajstić information content (AvgIpc) is 3.28. The van der Waals surface area contributed by atoms with E-state index >= 15 is 0 Å². The monoisotopic (exact) mass is 486 g/mol. The number of azo groups is 1. The molecule has 1 aliphatic rings. The van der Waals surface area contributed by atoms with Crippen LogP contribution in [-0.4, -0.2) is 58.4 Å². The number of amides is 1. The number of imidazole rings is 1. The van der Waals surface area contributed by atoms with Crippen LogP contribution in [0.1, 0.15) is 33.4 Å². The number of ether oxygens (including phenoxy) is 2. The number of carbonyl (C=O) groups excluding carboxylic acids is 1. The first-order valence-electron chi connectivity index (χ1n) is 9.89. The summed E-state index contributed by atoms with van der Waals surface area (Å²) < 4.78 is 20.2. The molecule has 0 bridgehead atoms. The minimum atomic E-state index is -1.94. The van der Waals surface area contributed by atoms with E-state index in [-0.39, 0.29) is 35.4 Å². The van der Waals surface area contributed by atoms with Gasteiger partial charge in [-0.15, -0.1) is 10.2 Å². The zero-order valence-corrected chi connectivity index (χ0v) is 21.2. The smallest absolute Gasteiger partial charge is 0.278 e. The van der Waals surface area contributed by atoms with Crippen LogP contribution in [0.2, 0.25) is 18.1 Å². The molecular formula is C18H28ClN6O4PSi. The standard InChI is InChI=1S/C18H28ClN6O4PSi/c1-18(2,3)31(4,5)28-7-12-11(27-8-19)6-13(29-12)25-10-22-14-15(23-24-17(26)30)20-9-21-16(14)25/h9-13H,6-8,30H2,1-5H3/t11?,12-,13-/m1/s1. The highest BCUT2D eigenvalue weighted by atomic mass is 35.5. The van der Waals surface area contributed by atoms with Gasteiger partial charge in [0.25, 0.3) is 5.65 Å². The van der Waals surface area contributed by atoms with Gasteiger partial charge in [-0.05, 0) is 27.4 Å². The van der Waals surface area contributed by atoms with E-state index in [1.165, 1.54) is 6.33 Å². The van der Waals surface area contributed by atoms with E-state index in [2.05, 4.69) is 59.0 Å². The van der Waals surface area contributed by atoms with Crippen LogP contribution in [0.15, 0.2) is 22.9 Å². The zero-order chi connectivity index (χ0) is 22.8. The van der Waals surface area contributed by atoms with Crippen molar-refractivity contribution >= 4 is 51.8 Å². The number of halogens is 1. The molecule has 4 atom stereocenters. The third-order valence-electron chi connectivity index (χ3n) is 5.77. The third-order valence-corrected chi connectivity index (χ3v) is 10.5.